The summed E-state index contributed by atoms with van der Waals surface area (Å²) in [5, 5.41) is 5.09. The minimum Gasteiger partial charge on any atom is -0.493 e. The third-order valence-electron chi connectivity index (χ3n) is 4.79. The zero-order chi connectivity index (χ0) is 19.7. The van der Waals surface area contributed by atoms with Crippen LogP contribution in [0.4, 0.5) is 5.69 Å². The summed E-state index contributed by atoms with van der Waals surface area (Å²) in [5.74, 6) is 0.750. The average Bonchev–Trinajstić information content (AvgIpc) is 2.68. The van der Waals surface area contributed by atoms with Crippen molar-refractivity contribution in [2.75, 3.05) is 18.5 Å². The first-order chi connectivity index (χ1) is 13.1. The fourth-order valence-electron chi connectivity index (χ4n) is 3.21. The SMILES string of the molecule is CCCCCC(C)(OCCC)C(=O)Nc1ccc(OCC)c2ccccc12. The number of ether oxygens (including phenoxy) is 2. The molecule has 27 heavy (non-hydrogen) atoms. The molecule has 0 heterocycles. The van der Waals surface area contributed by atoms with Crippen LogP contribution in [0.3, 0.4) is 0 Å². The van der Waals surface area contributed by atoms with Gasteiger partial charge in [-0.15, -0.1) is 0 Å². The van der Waals surface area contributed by atoms with Gasteiger partial charge in [-0.3, -0.25) is 4.79 Å². The molecule has 2 aromatic rings. The zero-order valence-electron chi connectivity index (χ0n) is 17.1. The molecule has 4 heteroatoms. The maximum Gasteiger partial charge on any atom is 0.256 e. The molecule has 0 spiro atoms. The number of nitrogens with one attached hydrogen (secondary N) is 1. The van der Waals surface area contributed by atoms with Crippen molar-refractivity contribution >= 4 is 22.4 Å². The minimum absolute atomic E-state index is 0.0821. The highest BCUT2D eigenvalue weighted by Gasteiger charge is 2.33. The lowest BCUT2D eigenvalue weighted by atomic mass is 9.96. The van der Waals surface area contributed by atoms with Crippen molar-refractivity contribution in [3.8, 4) is 5.75 Å². The van der Waals surface area contributed by atoms with Gasteiger partial charge in [0.1, 0.15) is 11.4 Å². The van der Waals surface area contributed by atoms with Crippen LogP contribution in [-0.2, 0) is 9.53 Å². The van der Waals surface area contributed by atoms with E-state index in [1.807, 2.05) is 50.2 Å². The monoisotopic (exact) mass is 371 g/mol. The molecule has 1 unspecified atom stereocenters. The Morgan fingerprint density at radius 2 is 1.74 bits per heavy atom. The molecule has 4 nitrogen and oxygen atoms in total. The van der Waals surface area contributed by atoms with E-state index in [-0.39, 0.29) is 5.91 Å². The summed E-state index contributed by atoms with van der Waals surface area (Å²) >= 11 is 0. The Balaban J connectivity index is 2.27. The van der Waals surface area contributed by atoms with Crippen LogP contribution in [0.5, 0.6) is 5.75 Å². The molecule has 0 radical (unpaired) electrons. The Morgan fingerprint density at radius 3 is 2.41 bits per heavy atom. The van der Waals surface area contributed by atoms with Crippen molar-refractivity contribution < 1.29 is 14.3 Å². The molecule has 0 bridgehead atoms. The van der Waals surface area contributed by atoms with Crippen LogP contribution in [0, 0.1) is 0 Å². The van der Waals surface area contributed by atoms with E-state index in [2.05, 4.69) is 19.2 Å². The molecule has 1 N–H and O–H groups in total. The van der Waals surface area contributed by atoms with E-state index in [1.165, 1.54) is 0 Å². The lowest BCUT2D eigenvalue weighted by Crippen LogP contribution is -2.43. The summed E-state index contributed by atoms with van der Waals surface area (Å²) in [6.07, 6.45) is 4.82. The van der Waals surface area contributed by atoms with Crippen molar-refractivity contribution in [2.24, 2.45) is 0 Å². The maximum atomic E-state index is 13.1. The third-order valence-corrected chi connectivity index (χ3v) is 4.79. The molecule has 0 fully saturated rings. The third kappa shape index (κ3) is 5.46. The first-order valence-electron chi connectivity index (χ1n) is 10.2. The van der Waals surface area contributed by atoms with Gasteiger partial charge in [-0.2, -0.15) is 0 Å². The summed E-state index contributed by atoms with van der Waals surface area (Å²) in [7, 11) is 0. The second-order valence-corrected chi connectivity index (χ2v) is 7.08. The van der Waals surface area contributed by atoms with Gasteiger partial charge in [-0.1, -0.05) is 57.4 Å². The molecule has 0 aromatic heterocycles. The van der Waals surface area contributed by atoms with Crippen molar-refractivity contribution in [1.82, 2.24) is 0 Å². The average molecular weight is 372 g/mol. The molecular weight excluding hydrogens is 338 g/mol. The van der Waals surface area contributed by atoms with E-state index in [4.69, 9.17) is 9.47 Å². The summed E-state index contributed by atoms with van der Waals surface area (Å²) in [5.41, 5.74) is -0.0221. The number of amides is 1. The Hall–Kier alpha value is -2.07. The van der Waals surface area contributed by atoms with Gasteiger partial charge in [-0.25, -0.2) is 0 Å². The fourth-order valence-corrected chi connectivity index (χ4v) is 3.21. The van der Waals surface area contributed by atoms with E-state index >= 15 is 0 Å². The second-order valence-electron chi connectivity index (χ2n) is 7.08. The number of anilines is 1. The molecule has 0 aliphatic rings. The van der Waals surface area contributed by atoms with Crippen LogP contribution < -0.4 is 10.1 Å². The smallest absolute Gasteiger partial charge is 0.256 e. The lowest BCUT2D eigenvalue weighted by Gasteiger charge is -2.29. The number of carbonyl (C=O) groups excluding carboxylic acids is 1. The largest absolute Gasteiger partial charge is 0.493 e. The highest BCUT2D eigenvalue weighted by molar-refractivity contribution is 6.06. The zero-order valence-corrected chi connectivity index (χ0v) is 17.1. The van der Waals surface area contributed by atoms with Crippen molar-refractivity contribution in [2.45, 2.75) is 65.4 Å². The van der Waals surface area contributed by atoms with Gasteiger partial charge in [0.2, 0.25) is 0 Å². The number of rotatable bonds is 11. The van der Waals surface area contributed by atoms with E-state index < -0.39 is 5.60 Å². The first-order valence-corrected chi connectivity index (χ1v) is 10.2. The summed E-state index contributed by atoms with van der Waals surface area (Å²) in [6, 6.07) is 11.8. The Kier molecular flexibility index (Phi) is 8.11. The Labute approximate surface area is 163 Å². The van der Waals surface area contributed by atoms with Crippen LogP contribution in [0.2, 0.25) is 0 Å². The molecular formula is C23H33NO3. The van der Waals surface area contributed by atoms with Gasteiger partial charge in [0, 0.05) is 23.1 Å². The van der Waals surface area contributed by atoms with Crippen LogP contribution in [0.15, 0.2) is 36.4 Å². The first kappa shape index (κ1) is 21.2. The van der Waals surface area contributed by atoms with Gasteiger partial charge in [0.15, 0.2) is 0 Å². The number of fused-ring (bicyclic) bond motifs is 1. The molecule has 0 saturated heterocycles. The highest BCUT2D eigenvalue weighted by atomic mass is 16.5. The van der Waals surface area contributed by atoms with Crippen molar-refractivity contribution in [3.05, 3.63) is 36.4 Å². The molecule has 1 atom stereocenters. The standard InChI is InChI=1S/C23H33NO3/c1-5-8-11-16-23(4,27-17-6-2)22(25)24-20-14-15-21(26-7-3)19-13-10-9-12-18(19)20/h9-10,12-15H,5-8,11,16-17H2,1-4H3,(H,24,25). The molecule has 2 rings (SSSR count). The molecule has 2 aromatic carbocycles. The van der Waals surface area contributed by atoms with E-state index in [9.17, 15) is 4.79 Å². The van der Waals surface area contributed by atoms with E-state index in [1.54, 1.807) is 0 Å². The predicted octanol–water partition coefficient (Wildman–Crippen LogP) is 5.94. The van der Waals surface area contributed by atoms with Crippen LogP contribution in [0.1, 0.15) is 59.8 Å². The van der Waals surface area contributed by atoms with E-state index in [0.29, 0.717) is 13.2 Å². The Bertz CT molecular complexity index is 743. The molecule has 148 valence electrons. The summed E-state index contributed by atoms with van der Waals surface area (Å²) < 4.78 is 11.7. The van der Waals surface area contributed by atoms with Crippen molar-refractivity contribution in [1.29, 1.82) is 0 Å². The lowest BCUT2D eigenvalue weighted by molar-refractivity contribution is -0.140. The van der Waals surface area contributed by atoms with Crippen LogP contribution >= 0.6 is 0 Å². The number of carbonyl (C=O) groups is 1. The minimum atomic E-state index is -0.815. The quantitative estimate of drug-likeness (QED) is 0.497. The molecule has 0 saturated carbocycles. The van der Waals surface area contributed by atoms with E-state index in [0.717, 1.165) is 54.3 Å². The van der Waals surface area contributed by atoms with Gasteiger partial charge in [0.05, 0.1) is 6.61 Å². The predicted molar refractivity (Wildman–Crippen MR) is 113 cm³/mol. The van der Waals surface area contributed by atoms with Crippen molar-refractivity contribution in [3.63, 3.8) is 0 Å². The number of unbranched alkanes of at least 4 members (excludes halogenated alkanes) is 2. The normalized spacial score (nSPS) is 13.3. The Morgan fingerprint density at radius 1 is 1.00 bits per heavy atom. The summed E-state index contributed by atoms with van der Waals surface area (Å²) in [6.45, 7) is 9.29. The summed E-state index contributed by atoms with van der Waals surface area (Å²) in [4.78, 5) is 13.1. The highest BCUT2D eigenvalue weighted by Crippen LogP contribution is 2.32. The molecule has 0 aliphatic heterocycles. The number of hydrogen-bond donors (Lipinski definition) is 1. The number of hydrogen-bond acceptors (Lipinski definition) is 3. The van der Waals surface area contributed by atoms with Crippen LogP contribution in [-0.4, -0.2) is 24.7 Å². The van der Waals surface area contributed by atoms with Gasteiger partial charge in [0.25, 0.3) is 5.91 Å². The van der Waals surface area contributed by atoms with Gasteiger partial charge >= 0.3 is 0 Å². The number of benzene rings is 2. The topological polar surface area (TPSA) is 47.6 Å². The fraction of sp³-hybridized carbons (Fsp3) is 0.522. The van der Waals surface area contributed by atoms with Gasteiger partial charge in [-0.05, 0) is 38.8 Å². The molecule has 0 aliphatic carbocycles. The molecule has 1 amide bonds. The second kappa shape index (κ2) is 10.3. The maximum absolute atomic E-state index is 13.1. The van der Waals surface area contributed by atoms with Gasteiger partial charge < -0.3 is 14.8 Å². The van der Waals surface area contributed by atoms with Crippen LogP contribution in [0.25, 0.3) is 10.8 Å².